The third-order valence-corrected chi connectivity index (χ3v) is 11.4. The van der Waals surface area contributed by atoms with Crippen molar-refractivity contribution < 1.29 is 27.6 Å². The van der Waals surface area contributed by atoms with E-state index in [1.165, 1.54) is 21.5 Å². The van der Waals surface area contributed by atoms with Gasteiger partial charge >= 0.3 is 5.69 Å². The van der Waals surface area contributed by atoms with Crippen molar-refractivity contribution in [1.82, 2.24) is 38.9 Å². The molecule has 15 nitrogen and oxygen atoms in total. The fourth-order valence-corrected chi connectivity index (χ4v) is 8.52. The molecule has 0 radical (unpaired) electrons. The number of imidazole rings is 1. The summed E-state index contributed by atoms with van der Waals surface area (Å²) in [7, 11) is 3.89. The van der Waals surface area contributed by atoms with Crippen LogP contribution < -0.4 is 21.2 Å². The highest BCUT2D eigenvalue weighted by Crippen LogP contribution is 2.40. The zero-order valence-corrected chi connectivity index (χ0v) is 30.1. The average Bonchev–Trinajstić information content (AvgIpc) is 3.87. The Morgan fingerprint density at radius 3 is 2.59 bits per heavy atom. The Bertz CT molecular complexity index is 2280. The molecule has 0 bridgehead atoms. The van der Waals surface area contributed by atoms with Crippen LogP contribution in [0.25, 0.3) is 16.7 Å². The summed E-state index contributed by atoms with van der Waals surface area (Å²) in [5.74, 6) is -1.24. The van der Waals surface area contributed by atoms with Gasteiger partial charge in [0.2, 0.25) is 17.7 Å². The van der Waals surface area contributed by atoms with Crippen molar-refractivity contribution in [1.29, 1.82) is 0 Å². The van der Waals surface area contributed by atoms with Crippen LogP contribution in [-0.4, -0.2) is 84.1 Å². The first kappa shape index (κ1) is 35.6. The summed E-state index contributed by atoms with van der Waals surface area (Å²) in [6.45, 7) is 2.53. The highest BCUT2D eigenvalue weighted by Gasteiger charge is 2.34. The van der Waals surface area contributed by atoms with Gasteiger partial charge in [-0.05, 0) is 76.1 Å². The van der Waals surface area contributed by atoms with E-state index in [4.69, 9.17) is 4.42 Å². The fourth-order valence-electron chi connectivity index (χ4n) is 8.52. The van der Waals surface area contributed by atoms with Gasteiger partial charge in [-0.3, -0.25) is 34.2 Å². The summed E-state index contributed by atoms with van der Waals surface area (Å²) in [5.41, 5.74) is 1.98. The van der Waals surface area contributed by atoms with Gasteiger partial charge in [0.05, 0.1) is 22.9 Å². The minimum Gasteiger partial charge on any atom is -0.424 e. The number of benzene rings is 1. The molecule has 1 aliphatic carbocycles. The minimum absolute atomic E-state index is 0.125. The molecule has 3 fully saturated rings. The Kier molecular flexibility index (Phi) is 9.49. The number of oxazole rings is 1. The molecule has 8 rings (SSSR count). The standard InChI is InChI=1S/C37H42F2N10O5/c1-45(23-13-17-47(18-14-23)25-5-3-6-26-30(25)46(2)37(53)49(26)27-11-12-28(50)42-34(27)52)20-21-7-9-22(10-8-21)35-43-29(31(38)39)36(54-35)44-33(51)24-19-41-48-16-4-15-40-32(24)48/h3-6,15-16,19,21-23,27,31H,7-14,17-18,20H2,1-2H3,(H,44,51)(H,42,50,52). The van der Waals surface area contributed by atoms with Gasteiger partial charge in [-0.2, -0.15) is 5.10 Å². The topological polar surface area (TPSA) is 165 Å². The zero-order chi connectivity index (χ0) is 37.7. The summed E-state index contributed by atoms with van der Waals surface area (Å²) in [6.07, 6.45) is 7.21. The molecule has 4 aromatic heterocycles. The Morgan fingerprint density at radius 2 is 1.85 bits per heavy atom. The number of amides is 3. The molecule has 284 valence electrons. The molecule has 17 heteroatoms. The number of fused-ring (bicyclic) bond motifs is 2. The minimum atomic E-state index is -2.92. The number of hydrogen-bond acceptors (Lipinski definition) is 10. The lowest BCUT2D eigenvalue weighted by Crippen LogP contribution is -2.45. The maximum atomic E-state index is 14.0. The quantitative estimate of drug-likeness (QED) is 0.207. The number of aryl methyl sites for hydroxylation is 1. The number of carbonyl (C=O) groups is 3. The van der Waals surface area contributed by atoms with E-state index in [2.05, 4.69) is 42.5 Å². The van der Waals surface area contributed by atoms with Gasteiger partial charge < -0.3 is 14.2 Å². The van der Waals surface area contributed by atoms with Crippen LogP contribution in [0.15, 0.2) is 52.1 Å². The van der Waals surface area contributed by atoms with Crippen molar-refractivity contribution in [2.75, 3.05) is 36.9 Å². The summed E-state index contributed by atoms with van der Waals surface area (Å²) in [5, 5.41) is 8.93. The first-order valence-electron chi connectivity index (χ1n) is 18.4. The van der Waals surface area contributed by atoms with E-state index in [9.17, 15) is 28.0 Å². The molecule has 0 spiro atoms. The summed E-state index contributed by atoms with van der Waals surface area (Å²) in [6, 6.07) is 7.11. The van der Waals surface area contributed by atoms with Crippen LogP contribution in [0, 0.1) is 5.92 Å². The Morgan fingerprint density at radius 1 is 1.07 bits per heavy atom. The number of hydrogen-bond donors (Lipinski definition) is 2. The van der Waals surface area contributed by atoms with Gasteiger partial charge in [0.15, 0.2) is 17.2 Å². The SMILES string of the molecule is CN(CC1CCC(c2nc(C(F)F)c(NC(=O)c3cnn4cccnc34)o2)CC1)C1CCN(c2cccc3c2n(C)c(=O)n3C2CCC(=O)NC2=O)CC1. The van der Waals surface area contributed by atoms with Crippen molar-refractivity contribution in [3.05, 3.63) is 70.5 Å². The Hall–Kier alpha value is -5.45. The second kappa shape index (κ2) is 14.4. The van der Waals surface area contributed by atoms with Crippen LogP contribution in [0.4, 0.5) is 20.4 Å². The van der Waals surface area contributed by atoms with Gasteiger partial charge in [-0.15, -0.1) is 0 Å². The van der Waals surface area contributed by atoms with Gasteiger partial charge in [0.1, 0.15) is 11.6 Å². The highest BCUT2D eigenvalue weighted by atomic mass is 19.3. The predicted molar refractivity (Wildman–Crippen MR) is 194 cm³/mol. The molecular formula is C37H42F2N10O5. The second-order valence-corrected chi connectivity index (χ2v) is 14.7. The molecule has 1 unspecified atom stereocenters. The zero-order valence-electron chi connectivity index (χ0n) is 30.1. The fraction of sp³-hybridized carbons (Fsp3) is 0.486. The highest BCUT2D eigenvalue weighted by molar-refractivity contribution is 6.07. The molecule has 54 heavy (non-hydrogen) atoms. The van der Waals surface area contributed by atoms with E-state index in [1.807, 2.05) is 18.2 Å². The van der Waals surface area contributed by atoms with Crippen LogP contribution in [0.2, 0.25) is 0 Å². The van der Waals surface area contributed by atoms with Crippen LogP contribution in [0.5, 0.6) is 0 Å². The Balaban J connectivity index is 0.868. The number of aromatic nitrogens is 6. The van der Waals surface area contributed by atoms with E-state index < -0.39 is 30.0 Å². The monoisotopic (exact) mass is 744 g/mol. The number of imide groups is 1. The van der Waals surface area contributed by atoms with Crippen LogP contribution in [0.1, 0.15) is 91.7 Å². The molecule has 1 aromatic carbocycles. The van der Waals surface area contributed by atoms with Crippen molar-refractivity contribution in [2.24, 2.45) is 13.0 Å². The lowest BCUT2D eigenvalue weighted by molar-refractivity contribution is -0.135. The molecule has 1 atom stereocenters. The summed E-state index contributed by atoms with van der Waals surface area (Å²) >= 11 is 0. The molecule has 5 aromatic rings. The molecule has 2 N–H and O–H groups in total. The third-order valence-electron chi connectivity index (χ3n) is 11.4. The molecule has 6 heterocycles. The first-order chi connectivity index (χ1) is 26.1. The number of halogens is 2. The van der Waals surface area contributed by atoms with E-state index in [-0.39, 0.29) is 47.7 Å². The summed E-state index contributed by atoms with van der Waals surface area (Å²) < 4.78 is 38.4. The van der Waals surface area contributed by atoms with Gasteiger partial charge in [-0.25, -0.2) is 28.1 Å². The van der Waals surface area contributed by atoms with Gasteiger partial charge in [-0.1, -0.05) is 6.07 Å². The van der Waals surface area contributed by atoms with Crippen molar-refractivity contribution in [3.63, 3.8) is 0 Å². The number of carbonyl (C=O) groups excluding carboxylic acids is 3. The van der Waals surface area contributed by atoms with E-state index in [0.717, 1.165) is 69.4 Å². The number of anilines is 2. The molecule has 2 aliphatic heterocycles. The maximum Gasteiger partial charge on any atom is 0.329 e. The van der Waals surface area contributed by atoms with Crippen molar-refractivity contribution in [3.8, 4) is 0 Å². The van der Waals surface area contributed by atoms with Crippen molar-refractivity contribution in [2.45, 2.75) is 75.8 Å². The number of piperidine rings is 2. The lowest BCUT2D eigenvalue weighted by atomic mass is 9.81. The van der Waals surface area contributed by atoms with Gasteiger partial charge in [0.25, 0.3) is 12.3 Å². The molecule has 1 saturated carbocycles. The normalized spacial score (nSPS) is 21.4. The largest absolute Gasteiger partial charge is 0.424 e. The second-order valence-electron chi connectivity index (χ2n) is 14.7. The third kappa shape index (κ3) is 6.54. The Labute approximate surface area is 308 Å². The number of nitrogens with zero attached hydrogens (tertiary/aromatic N) is 8. The van der Waals surface area contributed by atoms with Crippen LogP contribution >= 0.6 is 0 Å². The molecule has 2 saturated heterocycles. The van der Waals surface area contributed by atoms with E-state index in [0.29, 0.717) is 23.1 Å². The van der Waals surface area contributed by atoms with E-state index >= 15 is 0 Å². The smallest absolute Gasteiger partial charge is 0.329 e. The molecular weight excluding hydrogens is 702 g/mol. The van der Waals surface area contributed by atoms with Crippen LogP contribution in [-0.2, 0) is 16.6 Å². The number of nitrogens with one attached hydrogen (secondary N) is 2. The average molecular weight is 745 g/mol. The number of para-hydroxylation sites is 1. The first-order valence-corrected chi connectivity index (χ1v) is 18.4. The molecule has 3 aliphatic rings. The molecule has 3 amide bonds. The van der Waals surface area contributed by atoms with Crippen molar-refractivity contribution >= 4 is 46.0 Å². The van der Waals surface area contributed by atoms with Crippen LogP contribution in [0.3, 0.4) is 0 Å². The lowest BCUT2D eigenvalue weighted by Gasteiger charge is -2.40. The number of alkyl halides is 2. The summed E-state index contributed by atoms with van der Waals surface area (Å²) in [4.78, 5) is 63.9. The maximum absolute atomic E-state index is 14.0. The van der Waals surface area contributed by atoms with E-state index in [1.54, 1.807) is 23.9 Å². The van der Waals surface area contributed by atoms with Gasteiger partial charge in [0, 0.05) is 57.5 Å². The predicted octanol–water partition coefficient (Wildman–Crippen LogP) is 4.41. The number of rotatable bonds is 9.